The number of hydrogen-bond acceptors (Lipinski definition) is 6. The molecule has 1 amide bonds. The van der Waals surface area contributed by atoms with Crippen LogP contribution in [0.3, 0.4) is 0 Å². The molecular weight excluding hydrogens is 458 g/mol. The van der Waals surface area contributed by atoms with Crippen LogP contribution >= 0.6 is 0 Å². The number of nitrogens with zero attached hydrogens (tertiary/aromatic N) is 4. The summed E-state index contributed by atoms with van der Waals surface area (Å²) in [7, 11) is 0. The zero-order chi connectivity index (χ0) is 24.8. The highest BCUT2D eigenvalue weighted by molar-refractivity contribution is 6.00. The van der Waals surface area contributed by atoms with Crippen molar-refractivity contribution < 1.29 is 32.2 Å². The minimum absolute atomic E-state index is 0.0504. The van der Waals surface area contributed by atoms with Crippen molar-refractivity contribution in [2.24, 2.45) is 0 Å². The fourth-order valence-corrected chi connectivity index (χ4v) is 3.78. The Hall–Kier alpha value is -3.41. The molecule has 0 bridgehead atoms. The second kappa shape index (κ2) is 8.42. The minimum Gasteiger partial charge on any atom is -0.403 e. The lowest BCUT2D eigenvalue weighted by Gasteiger charge is -2.33. The van der Waals surface area contributed by atoms with Gasteiger partial charge in [0.25, 0.3) is 5.91 Å². The van der Waals surface area contributed by atoms with Crippen molar-refractivity contribution in [2.75, 3.05) is 18.0 Å². The van der Waals surface area contributed by atoms with Crippen LogP contribution in [0.2, 0.25) is 0 Å². The van der Waals surface area contributed by atoms with Gasteiger partial charge in [0.1, 0.15) is 11.4 Å². The fraction of sp³-hybridized carbons (Fsp3) is 0.409. The zero-order valence-electron chi connectivity index (χ0n) is 18.6. The molecule has 0 radical (unpaired) electrons. The number of hydrogen-bond donors (Lipinski definition) is 2. The molecule has 0 unspecified atom stereocenters. The molecule has 1 fully saturated rings. The van der Waals surface area contributed by atoms with E-state index in [4.69, 9.17) is 0 Å². The lowest BCUT2D eigenvalue weighted by Crippen LogP contribution is -2.42. The molecule has 182 valence electrons. The molecule has 1 aliphatic heterocycles. The van der Waals surface area contributed by atoms with Crippen molar-refractivity contribution in [1.29, 1.82) is 0 Å². The van der Waals surface area contributed by atoms with E-state index in [-0.39, 0.29) is 11.1 Å². The molecule has 1 atom stereocenters. The number of benzene rings is 1. The van der Waals surface area contributed by atoms with Gasteiger partial charge in [-0.3, -0.25) is 4.79 Å². The van der Waals surface area contributed by atoms with Crippen molar-refractivity contribution in [3.8, 4) is 5.75 Å². The van der Waals surface area contributed by atoms with E-state index in [2.05, 4.69) is 25.0 Å². The zero-order valence-corrected chi connectivity index (χ0v) is 18.6. The van der Waals surface area contributed by atoms with Crippen molar-refractivity contribution in [1.82, 2.24) is 19.9 Å². The maximum absolute atomic E-state index is 14.3. The first-order valence-electron chi connectivity index (χ1n) is 10.5. The topological polar surface area (TPSA) is 92.0 Å². The van der Waals surface area contributed by atoms with Gasteiger partial charge < -0.3 is 20.1 Å². The third-order valence-corrected chi connectivity index (χ3v) is 5.55. The first-order valence-corrected chi connectivity index (χ1v) is 10.5. The monoisotopic (exact) mass is 481 g/mol. The standard InChI is InChI=1S/C22H23F4N5O3/c1-12-11-31-19(29-18(12)30-7-4-8-30)14(10-27-31)20(32)28-17(21(2,3)33)13-5-6-16(15(23)9-13)34-22(24,25)26/h5-6,9-11,17,33H,4,7-8H2,1-3H3,(H,28,32)/t17-/m0/s1. The fourth-order valence-electron chi connectivity index (χ4n) is 3.78. The molecule has 3 aromatic rings. The van der Waals surface area contributed by atoms with Crippen LogP contribution < -0.4 is 15.0 Å². The Balaban J connectivity index is 1.64. The van der Waals surface area contributed by atoms with Crippen LogP contribution in [0.5, 0.6) is 5.75 Å². The molecule has 1 aromatic carbocycles. The van der Waals surface area contributed by atoms with Crippen LogP contribution in [0.15, 0.2) is 30.6 Å². The predicted octanol–water partition coefficient (Wildman–Crippen LogP) is 3.53. The number of fused-ring (bicyclic) bond motifs is 1. The summed E-state index contributed by atoms with van der Waals surface area (Å²) in [4.78, 5) is 19.8. The smallest absolute Gasteiger partial charge is 0.403 e. The SMILES string of the molecule is Cc1cn2ncc(C(=O)N[C@@H](c3ccc(OC(F)(F)F)c(F)c3)C(C)(C)O)c2nc1N1CCC1. The number of aryl methyl sites for hydroxylation is 1. The van der Waals surface area contributed by atoms with Crippen LogP contribution in [-0.4, -0.2) is 50.7 Å². The Morgan fingerprint density at radius 3 is 2.53 bits per heavy atom. The molecule has 0 aliphatic carbocycles. The maximum Gasteiger partial charge on any atom is 0.573 e. The van der Waals surface area contributed by atoms with Gasteiger partial charge in [0.15, 0.2) is 17.2 Å². The minimum atomic E-state index is -5.06. The van der Waals surface area contributed by atoms with Crippen LogP contribution in [0.1, 0.15) is 47.8 Å². The number of halogens is 4. The largest absolute Gasteiger partial charge is 0.573 e. The van der Waals surface area contributed by atoms with Gasteiger partial charge in [-0.05, 0) is 44.9 Å². The van der Waals surface area contributed by atoms with Crippen LogP contribution in [-0.2, 0) is 0 Å². The molecule has 0 spiro atoms. The van der Waals surface area contributed by atoms with Crippen molar-refractivity contribution in [3.63, 3.8) is 0 Å². The lowest BCUT2D eigenvalue weighted by molar-refractivity contribution is -0.275. The van der Waals surface area contributed by atoms with E-state index in [0.717, 1.165) is 49.1 Å². The van der Waals surface area contributed by atoms with Gasteiger partial charge in [0.05, 0.1) is 17.8 Å². The molecule has 1 aliphatic rings. The number of amides is 1. The third-order valence-electron chi connectivity index (χ3n) is 5.55. The summed E-state index contributed by atoms with van der Waals surface area (Å²) >= 11 is 0. The average Bonchev–Trinajstić information content (AvgIpc) is 3.07. The number of ether oxygens (including phenoxy) is 1. The molecule has 2 aromatic heterocycles. The summed E-state index contributed by atoms with van der Waals surface area (Å²) in [6, 6.07) is 1.56. The normalized spacial score (nSPS) is 15.2. The number of alkyl halides is 3. The Labute approximate surface area is 192 Å². The maximum atomic E-state index is 14.3. The average molecular weight is 481 g/mol. The summed E-state index contributed by atoms with van der Waals surface area (Å²) in [6.07, 6.45) is -0.917. The van der Waals surface area contributed by atoms with Crippen molar-refractivity contribution in [3.05, 3.63) is 53.1 Å². The summed E-state index contributed by atoms with van der Waals surface area (Å²) < 4.78 is 56.8. The third kappa shape index (κ3) is 4.76. The number of rotatable bonds is 6. The summed E-state index contributed by atoms with van der Waals surface area (Å²) in [5.41, 5.74) is -0.208. The van der Waals surface area contributed by atoms with E-state index >= 15 is 0 Å². The second-order valence-corrected chi connectivity index (χ2v) is 8.71. The second-order valence-electron chi connectivity index (χ2n) is 8.71. The quantitative estimate of drug-likeness (QED) is 0.524. The van der Waals surface area contributed by atoms with Gasteiger partial charge in [0.2, 0.25) is 0 Å². The Bertz CT molecular complexity index is 1230. The molecule has 8 nitrogen and oxygen atoms in total. The van der Waals surface area contributed by atoms with E-state index in [1.54, 1.807) is 6.20 Å². The Morgan fingerprint density at radius 2 is 1.97 bits per heavy atom. The number of aromatic nitrogens is 3. The van der Waals surface area contributed by atoms with Gasteiger partial charge in [0, 0.05) is 24.8 Å². The first kappa shape index (κ1) is 23.7. The Morgan fingerprint density at radius 1 is 1.26 bits per heavy atom. The van der Waals surface area contributed by atoms with Gasteiger partial charge in [-0.2, -0.15) is 5.10 Å². The summed E-state index contributed by atoms with van der Waals surface area (Å²) in [6.45, 7) is 6.39. The van der Waals surface area contributed by atoms with E-state index in [1.165, 1.54) is 24.6 Å². The van der Waals surface area contributed by atoms with E-state index in [9.17, 15) is 27.5 Å². The molecule has 2 N–H and O–H groups in total. The highest BCUT2D eigenvalue weighted by Gasteiger charge is 2.35. The highest BCUT2D eigenvalue weighted by Crippen LogP contribution is 2.32. The lowest BCUT2D eigenvalue weighted by atomic mass is 9.91. The van der Waals surface area contributed by atoms with Crippen LogP contribution in [0.4, 0.5) is 23.4 Å². The number of aliphatic hydroxyl groups is 1. The van der Waals surface area contributed by atoms with Crippen LogP contribution in [0.25, 0.3) is 5.65 Å². The molecule has 4 rings (SSSR count). The van der Waals surface area contributed by atoms with Gasteiger partial charge in [-0.25, -0.2) is 13.9 Å². The van der Waals surface area contributed by atoms with E-state index < -0.39 is 35.5 Å². The molecule has 12 heteroatoms. The molecule has 0 saturated carbocycles. The van der Waals surface area contributed by atoms with E-state index in [1.807, 2.05) is 6.92 Å². The number of anilines is 1. The molecular formula is C22H23F4N5O3. The molecule has 34 heavy (non-hydrogen) atoms. The van der Waals surface area contributed by atoms with Gasteiger partial charge in [-0.1, -0.05) is 6.07 Å². The highest BCUT2D eigenvalue weighted by atomic mass is 19.4. The van der Waals surface area contributed by atoms with Crippen molar-refractivity contribution >= 4 is 17.4 Å². The first-order chi connectivity index (χ1) is 15.8. The molecule has 3 heterocycles. The number of carbonyl (C=O) groups excluding carboxylic acids is 1. The van der Waals surface area contributed by atoms with Gasteiger partial charge >= 0.3 is 6.36 Å². The predicted molar refractivity (Wildman–Crippen MR) is 114 cm³/mol. The molecule has 1 saturated heterocycles. The van der Waals surface area contributed by atoms with E-state index in [0.29, 0.717) is 5.65 Å². The Kier molecular flexibility index (Phi) is 5.88. The summed E-state index contributed by atoms with van der Waals surface area (Å²) in [5, 5.41) is 17.4. The summed E-state index contributed by atoms with van der Waals surface area (Å²) in [5.74, 6) is -2.19. The number of nitrogens with one attached hydrogen (secondary N) is 1. The van der Waals surface area contributed by atoms with Gasteiger partial charge in [-0.15, -0.1) is 13.2 Å². The number of carbonyl (C=O) groups is 1. The van der Waals surface area contributed by atoms with Crippen LogP contribution in [0, 0.1) is 12.7 Å². The van der Waals surface area contributed by atoms with Crippen molar-refractivity contribution in [2.45, 2.75) is 45.2 Å².